The highest BCUT2D eigenvalue weighted by molar-refractivity contribution is 8.02. The molecule has 0 saturated heterocycles. The van der Waals surface area contributed by atoms with Crippen LogP contribution in [0.15, 0.2) is 34.9 Å². The number of amides is 1. The van der Waals surface area contributed by atoms with Crippen LogP contribution in [0.2, 0.25) is 5.02 Å². The smallest absolute Gasteiger partial charge is 0.225 e. The van der Waals surface area contributed by atoms with Crippen molar-refractivity contribution in [2.75, 3.05) is 6.26 Å². The molecule has 0 bridgehead atoms. The first kappa shape index (κ1) is 13.0. The maximum atomic E-state index is 11.7. The maximum absolute atomic E-state index is 11.7. The van der Waals surface area contributed by atoms with Crippen LogP contribution in [0.3, 0.4) is 0 Å². The van der Waals surface area contributed by atoms with Crippen molar-refractivity contribution in [1.29, 1.82) is 5.26 Å². The van der Waals surface area contributed by atoms with E-state index < -0.39 is 0 Å². The number of benzene rings is 1. The Morgan fingerprint density at radius 1 is 1.50 bits per heavy atom. The van der Waals surface area contributed by atoms with E-state index in [1.165, 1.54) is 11.8 Å². The van der Waals surface area contributed by atoms with E-state index in [0.717, 1.165) is 5.56 Å². The minimum Gasteiger partial charge on any atom is -0.320 e. The molecule has 5 heteroatoms. The molecule has 1 aromatic carbocycles. The number of carbonyl (C=O) groups excluding carboxylic acids is 1. The van der Waals surface area contributed by atoms with Gasteiger partial charge in [0, 0.05) is 17.4 Å². The van der Waals surface area contributed by atoms with Gasteiger partial charge in [-0.3, -0.25) is 4.79 Å². The minimum absolute atomic E-state index is 0.0803. The summed E-state index contributed by atoms with van der Waals surface area (Å²) in [5, 5.41) is 13.2. The zero-order valence-corrected chi connectivity index (χ0v) is 11.3. The van der Waals surface area contributed by atoms with Crippen LogP contribution in [-0.4, -0.2) is 12.2 Å². The number of rotatable bonds is 2. The molecule has 2 rings (SSSR count). The Hall–Kier alpha value is -1.44. The summed E-state index contributed by atoms with van der Waals surface area (Å²) in [6.07, 6.45) is 2.10. The summed E-state index contributed by atoms with van der Waals surface area (Å²) in [5.41, 5.74) is 1.41. The molecule has 3 nitrogen and oxygen atoms in total. The zero-order valence-electron chi connectivity index (χ0n) is 9.74. The Kier molecular flexibility index (Phi) is 3.95. The summed E-state index contributed by atoms with van der Waals surface area (Å²) < 4.78 is 0. The zero-order chi connectivity index (χ0) is 13.1. The fourth-order valence-electron chi connectivity index (χ4n) is 2.00. The summed E-state index contributed by atoms with van der Waals surface area (Å²) in [5.74, 6) is -0.330. The molecule has 18 heavy (non-hydrogen) atoms. The number of halogens is 1. The number of hydrogen-bond acceptors (Lipinski definition) is 3. The number of allylic oxidation sites excluding steroid dienone is 1. The second-order valence-electron chi connectivity index (χ2n) is 3.89. The largest absolute Gasteiger partial charge is 0.320 e. The van der Waals surface area contributed by atoms with Crippen molar-refractivity contribution in [3.63, 3.8) is 0 Å². The molecule has 1 N–H and O–H groups in total. The van der Waals surface area contributed by atoms with Crippen LogP contribution in [0.1, 0.15) is 17.9 Å². The van der Waals surface area contributed by atoms with Crippen LogP contribution < -0.4 is 5.32 Å². The molecular formula is C13H11ClN2OS. The van der Waals surface area contributed by atoms with Crippen molar-refractivity contribution in [3.05, 3.63) is 45.5 Å². The van der Waals surface area contributed by atoms with Gasteiger partial charge < -0.3 is 5.32 Å². The van der Waals surface area contributed by atoms with Gasteiger partial charge in [0.25, 0.3) is 0 Å². The molecule has 1 amide bonds. The quantitative estimate of drug-likeness (QED) is 0.905. The molecule has 0 fully saturated rings. The minimum atomic E-state index is -0.250. The Bertz CT molecular complexity index is 562. The van der Waals surface area contributed by atoms with Crippen molar-refractivity contribution in [2.24, 2.45) is 0 Å². The molecule has 1 aromatic rings. The SMILES string of the molecule is CSC1=C(C#N)C(c2ccccc2Cl)CC(=O)N1. The normalized spacial score (nSPS) is 19.4. The second kappa shape index (κ2) is 5.47. The molecule has 1 heterocycles. The second-order valence-corrected chi connectivity index (χ2v) is 5.11. The van der Waals surface area contributed by atoms with Crippen molar-refractivity contribution < 1.29 is 4.79 Å². The van der Waals surface area contributed by atoms with E-state index in [4.69, 9.17) is 11.6 Å². The Balaban J connectivity index is 2.52. The molecule has 0 radical (unpaired) electrons. The number of nitrogens with one attached hydrogen (secondary N) is 1. The average Bonchev–Trinajstić information content (AvgIpc) is 2.38. The van der Waals surface area contributed by atoms with Gasteiger partial charge >= 0.3 is 0 Å². The summed E-state index contributed by atoms with van der Waals surface area (Å²) >= 11 is 7.52. The van der Waals surface area contributed by atoms with Crippen LogP contribution in [0, 0.1) is 11.3 Å². The third kappa shape index (κ3) is 2.38. The predicted octanol–water partition coefficient (Wildman–Crippen LogP) is 3.04. The molecule has 1 aliphatic heterocycles. The van der Waals surface area contributed by atoms with E-state index in [-0.39, 0.29) is 18.2 Å². The molecular weight excluding hydrogens is 268 g/mol. The lowest BCUT2D eigenvalue weighted by atomic mass is 9.87. The lowest BCUT2D eigenvalue weighted by Crippen LogP contribution is -2.30. The Morgan fingerprint density at radius 2 is 2.22 bits per heavy atom. The molecule has 0 spiro atoms. The summed E-state index contributed by atoms with van der Waals surface area (Å²) in [6, 6.07) is 9.52. The summed E-state index contributed by atoms with van der Waals surface area (Å²) in [7, 11) is 0. The van der Waals surface area contributed by atoms with E-state index in [9.17, 15) is 10.1 Å². The van der Waals surface area contributed by atoms with Gasteiger partial charge in [-0.2, -0.15) is 5.26 Å². The first-order valence-corrected chi connectivity index (χ1v) is 7.00. The molecule has 1 unspecified atom stereocenters. The molecule has 1 atom stereocenters. The third-order valence-corrected chi connectivity index (χ3v) is 3.92. The lowest BCUT2D eigenvalue weighted by molar-refractivity contribution is -0.120. The summed E-state index contributed by atoms with van der Waals surface area (Å²) in [4.78, 5) is 11.7. The number of hydrogen-bond donors (Lipinski definition) is 1. The van der Waals surface area contributed by atoms with Crippen molar-refractivity contribution in [2.45, 2.75) is 12.3 Å². The first-order chi connectivity index (χ1) is 8.67. The van der Waals surface area contributed by atoms with Gasteiger partial charge in [-0.25, -0.2) is 0 Å². The van der Waals surface area contributed by atoms with Crippen LogP contribution in [-0.2, 0) is 4.79 Å². The monoisotopic (exact) mass is 278 g/mol. The fraction of sp³-hybridized carbons (Fsp3) is 0.231. The van der Waals surface area contributed by atoms with Gasteiger partial charge in [0.2, 0.25) is 5.91 Å². The van der Waals surface area contributed by atoms with Crippen molar-refractivity contribution in [3.8, 4) is 6.07 Å². The van der Waals surface area contributed by atoms with Crippen molar-refractivity contribution in [1.82, 2.24) is 5.32 Å². The molecule has 0 aliphatic carbocycles. The van der Waals surface area contributed by atoms with Gasteiger partial charge in [-0.15, -0.1) is 11.8 Å². The van der Waals surface area contributed by atoms with E-state index in [1.807, 2.05) is 24.5 Å². The van der Waals surface area contributed by atoms with Crippen LogP contribution >= 0.6 is 23.4 Å². The number of nitrogens with zero attached hydrogens (tertiary/aromatic N) is 1. The first-order valence-electron chi connectivity index (χ1n) is 5.40. The topological polar surface area (TPSA) is 52.9 Å². The third-order valence-electron chi connectivity index (χ3n) is 2.84. The van der Waals surface area contributed by atoms with Gasteiger partial charge in [0.1, 0.15) is 0 Å². The highest BCUT2D eigenvalue weighted by Crippen LogP contribution is 2.37. The van der Waals surface area contributed by atoms with Crippen molar-refractivity contribution >= 4 is 29.3 Å². The van der Waals surface area contributed by atoms with Crippen LogP contribution in [0.4, 0.5) is 0 Å². The molecule has 0 saturated carbocycles. The molecule has 1 aliphatic rings. The molecule has 92 valence electrons. The highest BCUT2D eigenvalue weighted by Gasteiger charge is 2.30. The molecule has 0 aromatic heterocycles. The van der Waals surface area contributed by atoms with E-state index in [0.29, 0.717) is 15.6 Å². The fourth-order valence-corrected chi connectivity index (χ4v) is 2.89. The van der Waals surface area contributed by atoms with E-state index >= 15 is 0 Å². The number of thioether (sulfide) groups is 1. The van der Waals surface area contributed by atoms with Gasteiger partial charge in [-0.05, 0) is 17.9 Å². The Morgan fingerprint density at radius 3 is 2.83 bits per heavy atom. The van der Waals surface area contributed by atoms with E-state index in [2.05, 4.69) is 11.4 Å². The van der Waals surface area contributed by atoms with Gasteiger partial charge in [-0.1, -0.05) is 29.8 Å². The predicted molar refractivity (Wildman–Crippen MR) is 73.1 cm³/mol. The van der Waals surface area contributed by atoms with Crippen LogP contribution in [0.25, 0.3) is 0 Å². The Labute approximate surface area is 115 Å². The van der Waals surface area contributed by atoms with Crippen LogP contribution in [0.5, 0.6) is 0 Å². The highest BCUT2D eigenvalue weighted by atomic mass is 35.5. The number of carbonyl (C=O) groups is 1. The standard InChI is InChI=1S/C13H11ClN2OS/c1-18-13-10(7-15)9(6-12(17)16-13)8-4-2-3-5-11(8)14/h2-5,9H,6H2,1H3,(H,16,17). The average molecular weight is 279 g/mol. The lowest BCUT2D eigenvalue weighted by Gasteiger charge is -2.25. The number of nitriles is 1. The van der Waals surface area contributed by atoms with Gasteiger partial charge in [0.05, 0.1) is 16.7 Å². The summed E-state index contributed by atoms with van der Waals surface area (Å²) in [6.45, 7) is 0. The maximum Gasteiger partial charge on any atom is 0.225 e. The van der Waals surface area contributed by atoms with Gasteiger partial charge in [0.15, 0.2) is 0 Å². The van der Waals surface area contributed by atoms with E-state index in [1.54, 1.807) is 6.07 Å².